The van der Waals surface area contributed by atoms with Crippen molar-refractivity contribution in [3.63, 3.8) is 0 Å². The highest BCUT2D eigenvalue weighted by Gasteiger charge is 2.24. The van der Waals surface area contributed by atoms with Gasteiger partial charge in [-0.3, -0.25) is 9.59 Å². The van der Waals surface area contributed by atoms with Crippen molar-refractivity contribution in [2.24, 2.45) is 0 Å². The number of rotatable bonds is 6. The molecule has 0 atom stereocenters. The lowest BCUT2D eigenvalue weighted by Gasteiger charge is -2.15. The highest BCUT2D eigenvalue weighted by atomic mass is 32.2. The number of nitrogens with zero attached hydrogens (tertiary/aromatic N) is 1. The van der Waals surface area contributed by atoms with Crippen molar-refractivity contribution in [3.05, 3.63) is 101 Å². The number of carbonyl (C=O) groups excluding carboxylic acids is 1. The number of para-hydroxylation sites is 1. The topological polar surface area (TPSA) is 85.2 Å². The van der Waals surface area contributed by atoms with E-state index in [4.69, 9.17) is 0 Å². The summed E-state index contributed by atoms with van der Waals surface area (Å²) in [5, 5.41) is 3.07. The highest BCUT2D eigenvalue weighted by Crippen LogP contribution is 2.22. The fourth-order valence-electron chi connectivity index (χ4n) is 3.56. The van der Waals surface area contributed by atoms with Crippen molar-refractivity contribution in [2.75, 3.05) is 5.32 Å². The zero-order valence-corrected chi connectivity index (χ0v) is 18.3. The quantitative estimate of drug-likeness (QED) is 0.485. The van der Waals surface area contributed by atoms with Crippen molar-refractivity contribution in [1.82, 2.24) is 4.57 Å². The molecule has 7 heteroatoms. The molecule has 32 heavy (non-hydrogen) atoms. The minimum Gasteiger partial charge on any atom is -0.336 e. The number of hydrogen-bond acceptors (Lipinski definition) is 4. The van der Waals surface area contributed by atoms with Crippen molar-refractivity contribution in [1.29, 1.82) is 0 Å². The van der Waals surface area contributed by atoms with E-state index in [2.05, 4.69) is 5.32 Å². The molecule has 0 unspecified atom stereocenters. The Morgan fingerprint density at radius 1 is 0.938 bits per heavy atom. The molecule has 1 N–H and O–H groups in total. The third-order valence-corrected chi connectivity index (χ3v) is 7.00. The number of amides is 1. The maximum absolute atomic E-state index is 13.3. The lowest BCUT2D eigenvalue weighted by molar-refractivity contribution is -0.116. The van der Waals surface area contributed by atoms with Crippen LogP contribution >= 0.6 is 0 Å². The summed E-state index contributed by atoms with van der Waals surface area (Å²) >= 11 is 0. The molecule has 3 aromatic carbocycles. The molecule has 1 heterocycles. The van der Waals surface area contributed by atoms with Gasteiger partial charge in [0.2, 0.25) is 21.2 Å². The van der Waals surface area contributed by atoms with E-state index in [1.807, 2.05) is 19.1 Å². The van der Waals surface area contributed by atoms with Crippen LogP contribution in [-0.4, -0.2) is 18.9 Å². The standard InChI is InChI=1S/C25H22N2O4S/c1-2-18-13-14-22-21(15-18)25(29)23(32(30,31)20-11-7-4-8-12-20)16-27(22)17-24(28)26-19-9-5-3-6-10-19/h3-16H,2,17H2,1H3,(H,26,28). The van der Waals surface area contributed by atoms with Gasteiger partial charge in [0.05, 0.1) is 10.4 Å². The third-order valence-electron chi connectivity index (χ3n) is 5.23. The number of carbonyl (C=O) groups is 1. The van der Waals surface area contributed by atoms with Crippen molar-refractivity contribution in [2.45, 2.75) is 29.7 Å². The van der Waals surface area contributed by atoms with Gasteiger partial charge >= 0.3 is 0 Å². The van der Waals surface area contributed by atoms with Crippen LogP contribution in [0.25, 0.3) is 10.9 Å². The van der Waals surface area contributed by atoms with Gasteiger partial charge in [-0.25, -0.2) is 8.42 Å². The molecule has 1 aromatic heterocycles. The van der Waals surface area contributed by atoms with E-state index in [9.17, 15) is 18.0 Å². The number of nitrogens with one attached hydrogen (secondary N) is 1. The van der Waals surface area contributed by atoms with Crippen LogP contribution in [0.3, 0.4) is 0 Å². The second kappa shape index (κ2) is 8.80. The number of aromatic nitrogens is 1. The Labute approximate surface area is 186 Å². The number of fused-ring (bicyclic) bond motifs is 1. The molecule has 4 aromatic rings. The van der Waals surface area contributed by atoms with E-state index in [0.29, 0.717) is 17.6 Å². The molecule has 1 amide bonds. The summed E-state index contributed by atoms with van der Waals surface area (Å²) in [5.41, 5.74) is 1.47. The van der Waals surface area contributed by atoms with Crippen LogP contribution in [0.4, 0.5) is 5.69 Å². The Balaban J connectivity index is 1.86. The molecule has 0 saturated carbocycles. The molecule has 6 nitrogen and oxygen atoms in total. The van der Waals surface area contributed by atoms with Crippen molar-refractivity contribution < 1.29 is 13.2 Å². The van der Waals surface area contributed by atoms with Gasteiger partial charge in [-0.15, -0.1) is 0 Å². The fourth-order valence-corrected chi connectivity index (χ4v) is 4.95. The number of anilines is 1. The Morgan fingerprint density at radius 2 is 1.59 bits per heavy atom. The number of pyridine rings is 1. The number of aryl methyl sites for hydroxylation is 1. The van der Waals surface area contributed by atoms with Gasteiger partial charge in [-0.1, -0.05) is 49.4 Å². The summed E-state index contributed by atoms with van der Waals surface area (Å²) in [5.74, 6) is -0.330. The van der Waals surface area contributed by atoms with E-state index >= 15 is 0 Å². The van der Waals surface area contributed by atoms with E-state index < -0.39 is 15.3 Å². The molecule has 0 aliphatic rings. The number of benzene rings is 3. The second-order valence-corrected chi connectivity index (χ2v) is 9.30. The van der Waals surface area contributed by atoms with Gasteiger partial charge in [0.15, 0.2) is 0 Å². The van der Waals surface area contributed by atoms with Gasteiger partial charge in [0.1, 0.15) is 11.4 Å². The summed E-state index contributed by atoms with van der Waals surface area (Å²) in [4.78, 5) is 25.6. The van der Waals surface area contributed by atoms with Crippen LogP contribution < -0.4 is 10.7 Å². The largest absolute Gasteiger partial charge is 0.336 e. The van der Waals surface area contributed by atoms with E-state index in [0.717, 1.165) is 5.56 Å². The molecule has 0 fully saturated rings. The molecular formula is C25H22N2O4S. The first-order chi connectivity index (χ1) is 15.4. The summed E-state index contributed by atoms with van der Waals surface area (Å²) in [7, 11) is -4.06. The number of hydrogen-bond donors (Lipinski definition) is 1. The lowest BCUT2D eigenvalue weighted by atomic mass is 10.1. The lowest BCUT2D eigenvalue weighted by Crippen LogP contribution is -2.24. The van der Waals surface area contributed by atoms with Crippen LogP contribution in [0, 0.1) is 0 Å². The maximum Gasteiger partial charge on any atom is 0.244 e. The Kier molecular flexibility index (Phi) is 5.92. The van der Waals surface area contributed by atoms with Crippen LogP contribution in [0.15, 0.2) is 99.6 Å². The molecule has 0 bridgehead atoms. The Morgan fingerprint density at radius 3 is 2.25 bits per heavy atom. The summed E-state index contributed by atoms with van der Waals surface area (Å²) in [6.45, 7) is 1.81. The summed E-state index contributed by atoms with van der Waals surface area (Å²) in [6.07, 6.45) is 1.96. The maximum atomic E-state index is 13.3. The average molecular weight is 447 g/mol. The first-order valence-corrected chi connectivity index (χ1v) is 11.7. The monoisotopic (exact) mass is 446 g/mol. The Hall–Kier alpha value is -3.71. The number of sulfone groups is 1. The molecule has 0 saturated heterocycles. The van der Waals surface area contributed by atoms with Crippen LogP contribution in [0.2, 0.25) is 0 Å². The summed E-state index contributed by atoms with van der Waals surface area (Å²) < 4.78 is 28.1. The van der Waals surface area contributed by atoms with Gasteiger partial charge in [-0.05, 0) is 48.4 Å². The molecular weight excluding hydrogens is 424 g/mol. The van der Waals surface area contributed by atoms with Crippen LogP contribution in [-0.2, 0) is 27.6 Å². The normalized spacial score (nSPS) is 11.4. The molecule has 0 spiro atoms. The Bertz CT molecular complexity index is 1440. The minimum absolute atomic E-state index is 0.0309. The molecule has 0 radical (unpaired) electrons. The predicted molar refractivity (Wildman–Crippen MR) is 125 cm³/mol. The first-order valence-electron chi connectivity index (χ1n) is 10.2. The van der Waals surface area contributed by atoms with E-state index in [1.165, 1.54) is 22.9 Å². The van der Waals surface area contributed by atoms with Gasteiger partial charge in [0.25, 0.3) is 0 Å². The molecule has 162 valence electrons. The van der Waals surface area contributed by atoms with Gasteiger partial charge < -0.3 is 9.88 Å². The smallest absolute Gasteiger partial charge is 0.244 e. The van der Waals surface area contributed by atoms with Crippen molar-refractivity contribution >= 4 is 32.3 Å². The summed E-state index contributed by atoms with van der Waals surface area (Å²) in [6, 6.07) is 22.1. The third kappa shape index (κ3) is 4.20. The fraction of sp³-hybridized carbons (Fsp3) is 0.120. The second-order valence-electron chi connectivity index (χ2n) is 7.39. The zero-order chi connectivity index (χ0) is 22.7. The first kappa shape index (κ1) is 21.5. The predicted octanol–water partition coefficient (Wildman–Crippen LogP) is 4.04. The molecule has 4 rings (SSSR count). The van der Waals surface area contributed by atoms with E-state index in [-0.39, 0.29) is 27.6 Å². The van der Waals surface area contributed by atoms with E-state index in [1.54, 1.807) is 54.6 Å². The van der Waals surface area contributed by atoms with Crippen molar-refractivity contribution in [3.8, 4) is 0 Å². The molecule has 0 aliphatic carbocycles. The zero-order valence-electron chi connectivity index (χ0n) is 17.5. The molecule has 0 aliphatic heterocycles. The van der Waals surface area contributed by atoms with Gasteiger partial charge in [0, 0.05) is 17.3 Å². The average Bonchev–Trinajstić information content (AvgIpc) is 2.81. The highest BCUT2D eigenvalue weighted by molar-refractivity contribution is 7.91. The minimum atomic E-state index is -4.06. The van der Waals surface area contributed by atoms with Gasteiger partial charge in [-0.2, -0.15) is 0 Å². The van der Waals surface area contributed by atoms with Crippen LogP contribution in [0.5, 0.6) is 0 Å². The van der Waals surface area contributed by atoms with Crippen LogP contribution in [0.1, 0.15) is 12.5 Å². The SMILES string of the molecule is CCc1ccc2c(c1)c(=O)c(S(=O)(=O)c1ccccc1)cn2CC(=O)Nc1ccccc1.